The van der Waals surface area contributed by atoms with Crippen molar-refractivity contribution in [3.8, 4) is 6.07 Å². The van der Waals surface area contributed by atoms with Gasteiger partial charge in [-0.3, -0.25) is 14.5 Å². The van der Waals surface area contributed by atoms with Gasteiger partial charge in [0, 0.05) is 5.69 Å². The lowest BCUT2D eigenvalue weighted by Crippen LogP contribution is -2.29. The summed E-state index contributed by atoms with van der Waals surface area (Å²) in [5, 5.41) is 9.17. The predicted molar refractivity (Wildman–Crippen MR) is 82.2 cm³/mol. The van der Waals surface area contributed by atoms with Crippen LogP contribution < -0.4 is 10.6 Å². The molecule has 1 atom stereocenters. The summed E-state index contributed by atoms with van der Waals surface area (Å²) >= 11 is 1.22. The van der Waals surface area contributed by atoms with E-state index in [0.717, 1.165) is 5.56 Å². The third-order valence-corrected chi connectivity index (χ3v) is 4.62. The van der Waals surface area contributed by atoms with E-state index in [9.17, 15) is 9.59 Å². The Balaban J connectivity index is 2.58. The van der Waals surface area contributed by atoms with Gasteiger partial charge in [0.25, 0.3) is 5.91 Å². The number of primary amides is 1. The number of benzene rings is 1. The van der Waals surface area contributed by atoms with Gasteiger partial charge in [-0.05, 0) is 25.5 Å². The number of nitrogens with zero attached hydrogens (tertiary/aromatic N) is 2. The summed E-state index contributed by atoms with van der Waals surface area (Å²) in [5.74, 6) is -0.947. The minimum absolute atomic E-state index is 0.129. The van der Waals surface area contributed by atoms with E-state index in [1.807, 2.05) is 32.0 Å². The lowest BCUT2D eigenvalue weighted by Gasteiger charge is -2.18. The fraction of sp³-hybridized carbons (Fsp3) is 0.267. The van der Waals surface area contributed by atoms with Gasteiger partial charge >= 0.3 is 0 Å². The van der Waals surface area contributed by atoms with Crippen LogP contribution in [-0.2, 0) is 9.59 Å². The van der Waals surface area contributed by atoms with Gasteiger partial charge in [-0.15, -0.1) is 0 Å². The lowest BCUT2D eigenvalue weighted by molar-refractivity contribution is -0.117. The average Bonchev–Trinajstić information content (AvgIpc) is 2.77. The maximum Gasteiger partial charge on any atom is 0.262 e. The van der Waals surface area contributed by atoms with Crippen molar-refractivity contribution in [3.05, 3.63) is 40.4 Å². The van der Waals surface area contributed by atoms with Crippen LogP contribution in [0, 0.1) is 18.3 Å². The summed E-state index contributed by atoms with van der Waals surface area (Å²) in [6.45, 7) is 3.84. The van der Waals surface area contributed by atoms with E-state index in [1.165, 1.54) is 16.7 Å². The molecule has 21 heavy (non-hydrogen) atoms. The number of hydrogen-bond acceptors (Lipinski definition) is 4. The molecular formula is C15H15N3O2S. The Kier molecular flexibility index (Phi) is 4.34. The zero-order valence-corrected chi connectivity index (χ0v) is 12.6. The standard InChI is InChI=1S/C15H15N3O2S/c1-3-12-14(20)18(10-6-4-9(2)5-7-10)15(21-12)11(8-16)13(17)19/h4-7,12H,3H2,1-2H3,(H2,17,19). The first-order chi connectivity index (χ1) is 9.99. The molecule has 1 aromatic carbocycles. The molecule has 2 N–H and O–H groups in total. The van der Waals surface area contributed by atoms with Crippen molar-refractivity contribution in [3.63, 3.8) is 0 Å². The second-order valence-corrected chi connectivity index (χ2v) is 5.87. The van der Waals surface area contributed by atoms with Gasteiger partial charge in [-0.2, -0.15) is 5.26 Å². The molecule has 0 saturated carbocycles. The first-order valence-electron chi connectivity index (χ1n) is 6.51. The van der Waals surface area contributed by atoms with Crippen LogP contribution in [0.2, 0.25) is 0 Å². The number of hydrogen-bond donors (Lipinski definition) is 1. The Morgan fingerprint density at radius 1 is 1.43 bits per heavy atom. The average molecular weight is 301 g/mol. The lowest BCUT2D eigenvalue weighted by atomic mass is 10.2. The number of nitriles is 1. The van der Waals surface area contributed by atoms with Crippen LogP contribution in [0.15, 0.2) is 34.9 Å². The molecule has 0 aromatic heterocycles. The van der Waals surface area contributed by atoms with E-state index in [0.29, 0.717) is 17.1 Å². The number of nitrogens with two attached hydrogens (primary N) is 1. The molecule has 1 fully saturated rings. The molecular weight excluding hydrogens is 286 g/mol. The summed E-state index contributed by atoms with van der Waals surface area (Å²) in [4.78, 5) is 25.3. The van der Waals surface area contributed by atoms with E-state index in [2.05, 4.69) is 0 Å². The molecule has 1 unspecified atom stereocenters. The van der Waals surface area contributed by atoms with Gasteiger partial charge in [-0.25, -0.2) is 0 Å². The van der Waals surface area contributed by atoms with Crippen LogP contribution in [-0.4, -0.2) is 17.1 Å². The number of thioether (sulfide) groups is 1. The van der Waals surface area contributed by atoms with Crippen molar-refractivity contribution in [2.75, 3.05) is 4.90 Å². The summed E-state index contributed by atoms with van der Waals surface area (Å²) < 4.78 is 0. The second-order valence-electron chi connectivity index (χ2n) is 4.68. The first kappa shape index (κ1) is 15.1. The Hall–Kier alpha value is -2.26. The molecule has 6 heteroatoms. The predicted octanol–water partition coefficient (Wildman–Crippen LogP) is 2.07. The Labute approximate surface area is 127 Å². The van der Waals surface area contributed by atoms with Gasteiger partial charge in [0.1, 0.15) is 16.7 Å². The Morgan fingerprint density at radius 2 is 2.05 bits per heavy atom. The molecule has 1 aromatic rings. The van der Waals surface area contributed by atoms with Crippen molar-refractivity contribution < 1.29 is 9.59 Å². The molecule has 1 heterocycles. The molecule has 2 rings (SSSR count). The summed E-state index contributed by atoms with van der Waals surface area (Å²) in [7, 11) is 0. The SMILES string of the molecule is CCC1SC(=C(C#N)C(N)=O)N(c2ccc(C)cc2)C1=O. The van der Waals surface area contributed by atoms with E-state index in [1.54, 1.807) is 12.1 Å². The van der Waals surface area contributed by atoms with Crippen molar-refractivity contribution in [1.82, 2.24) is 0 Å². The van der Waals surface area contributed by atoms with Gasteiger partial charge in [-0.1, -0.05) is 36.4 Å². The molecule has 108 valence electrons. The van der Waals surface area contributed by atoms with Crippen LogP contribution in [0.5, 0.6) is 0 Å². The Bertz CT molecular complexity index is 658. The molecule has 0 radical (unpaired) electrons. The number of rotatable bonds is 3. The molecule has 5 nitrogen and oxygen atoms in total. The van der Waals surface area contributed by atoms with Gasteiger partial charge in [0.15, 0.2) is 0 Å². The normalized spacial score (nSPS) is 20.3. The summed E-state index contributed by atoms with van der Waals surface area (Å²) in [6.07, 6.45) is 0.618. The van der Waals surface area contributed by atoms with E-state index in [-0.39, 0.29) is 16.7 Å². The maximum atomic E-state index is 12.5. The van der Waals surface area contributed by atoms with Gasteiger partial charge < -0.3 is 5.73 Å². The van der Waals surface area contributed by atoms with Crippen molar-refractivity contribution in [1.29, 1.82) is 5.26 Å². The fourth-order valence-corrected chi connectivity index (χ4v) is 3.26. The van der Waals surface area contributed by atoms with E-state index < -0.39 is 5.91 Å². The monoisotopic (exact) mass is 301 g/mol. The highest BCUT2D eigenvalue weighted by Gasteiger charge is 2.39. The molecule has 1 aliphatic heterocycles. The Morgan fingerprint density at radius 3 is 2.52 bits per heavy atom. The minimum Gasteiger partial charge on any atom is -0.365 e. The maximum absolute atomic E-state index is 12.5. The molecule has 1 aliphatic rings. The number of amides is 2. The topological polar surface area (TPSA) is 87.2 Å². The minimum atomic E-state index is -0.818. The van der Waals surface area contributed by atoms with E-state index >= 15 is 0 Å². The third-order valence-electron chi connectivity index (χ3n) is 3.19. The summed E-state index contributed by atoms with van der Waals surface area (Å²) in [5.41, 5.74) is 6.78. The zero-order chi connectivity index (χ0) is 15.6. The highest BCUT2D eigenvalue weighted by Crippen LogP contribution is 2.41. The van der Waals surface area contributed by atoms with Gasteiger partial charge in [0.2, 0.25) is 5.91 Å². The molecule has 1 saturated heterocycles. The van der Waals surface area contributed by atoms with Crippen molar-refractivity contribution in [2.24, 2.45) is 5.73 Å². The van der Waals surface area contributed by atoms with Gasteiger partial charge in [0.05, 0.1) is 5.25 Å². The van der Waals surface area contributed by atoms with Crippen LogP contribution in [0.1, 0.15) is 18.9 Å². The smallest absolute Gasteiger partial charge is 0.262 e. The van der Waals surface area contributed by atoms with Crippen LogP contribution in [0.25, 0.3) is 0 Å². The number of anilines is 1. The molecule has 0 aliphatic carbocycles. The number of carbonyl (C=O) groups excluding carboxylic acids is 2. The second kappa shape index (κ2) is 6.02. The number of carbonyl (C=O) groups is 2. The highest BCUT2D eigenvalue weighted by molar-refractivity contribution is 8.05. The van der Waals surface area contributed by atoms with E-state index in [4.69, 9.17) is 11.0 Å². The molecule has 0 spiro atoms. The fourth-order valence-electron chi connectivity index (χ4n) is 2.06. The first-order valence-corrected chi connectivity index (χ1v) is 7.39. The van der Waals surface area contributed by atoms with Crippen LogP contribution >= 0.6 is 11.8 Å². The quantitative estimate of drug-likeness (QED) is 0.684. The highest BCUT2D eigenvalue weighted by atomic mass is 32.2. The number of aryl methyl sites for hydroxylation is 1. The van der Waals surface area contributed by atoms with Crippen LogP contribution in [0.3, 0.4) is 0 Å². The van der Waals surface area contributed by atoms with Crippen LogP contribution in [0.4, 0.5) is 5.69 Å². The van der Waals surface area contributed by atoms with Crippen molar-refractivity contribution in [2.45, 2.75) is 25.5 Å². The zero-order valence-electron chi connectivity index (χ0n) is 11.8. The largest absolute Gasteiger partial charge is 0.365 e. The third kappa shape index (κ3) is 2.78. The van der Waals surface area contributed by atoms with Crippen molar-refractivity contribution >= 4 is 29.3 Å². The molecule has 2 amide bonds. The summed E-state index contributed by atoms with van der Waals surface area (Å²) in [6, 6.07) is 9.15. The molecule has 0 bridgehead atoms.